The zero-order valence-corrected chi connectivity index (χ0v) is 13.0. The average Bonchev–Trinajstić information content (AvgIpc) is 2.43. The van der Waals surface area contributed by atoms with Crippen molar-refractivity contribution in [3.05, 3.63) is 29.8 Å². The molecule has 0 saturated heterocycles. The van der Waals surface area contributed by atoms with Crippen LogP contribution in [0.4, 0.5) is 13.2 Å². The quantitative estimate of drug-likeness (QED) is 0.607. The topological polar surface area (TPSA) is 34.1 Å². The van der Waals surface area contributed by atoms with E-state index in [0.717, 1.165) is 17.0 Å². The highest BCUT2D eigenvalue weighted by Gasteiger charge is 2.30. The van der Waals surface area contributed by atoms with Crippen molar-refractivity contribution >= 4 is 23.3 Å². The van der Waals surface area contributed by atoms with Gasteiger partial charge in [-0.3, -0.25) is 9.59 Å². The number of alkyl halides is 3. The van der Waals surface area contributed by atoms with Gasteiger partial charge in [0.1, 0.15) is 11.6 Å². The summed E-state index contributed by atoms with van der Waals surface area (Å²) in [5, 5.41) is 0. The maximum Gasteiger partial charge on any atom is 0.416 e. The number of carbonyl (C=O) groups excluding carboxylic acids is 2. The zero-order chi connectivity index (χ0) is 16.3. The fraction of sp³-hybridized carbons (Fsp3) is 0.500. The number of benzene rings is 1. The van der Waals surface area contributed by atoms with Crippen LogP contribution in [0, 0.1) is 11.8 Å². The lowest BCUT2D eigenvalue weighted by molar-refractivity contribution is -0.137. The molecule has 1 aliphatic rings. The Bertz CT molecular complexity index is 536. The van der Waals surface area contributed by atoms with Crippen LogP contribution in [0.15, 0.2) is 29.2 Å². The minimum atomic E-state index is -4.32. The monoisotopic (exact) mass is 330 g/mol. The summed E-state index contributed by atoms with van der Waals surface area (Å²) < 4.78 is 37.4. The summed E-state index contributed by atoms with van der Waals surface area (Å²) in [6, 6.07) is 5.05. The Hall–Kier alpha value is -1.30. The first kappa shape index (κ1) is 17.1. The lowest BCUT2D eigenvalue weighted by Gasteiger charge is -2.25. The molecule has 2 nitrogen and oxygen atoms in total. The van der Waals surface area contributed by atoms with Gasteiger partial charge in [-0.25, -0.2) is 0 Å². The predicted octanol–water partition coefficient (Wildman–Crippen LogP) is 4.37. The van der Waals surface area contributed by atoms with Crippen LogP contribution in [0.3, 0.4) is 0 Å². The average molecular weight is 330 g/mol. The highest BCUT2D eigenvalue weighted by molar-refractivity contribution is 7.99. The van der Waals surface area contributed by atoms with E-state index in [1.807, 2.05) is 6.92 Å². The van der Waals surface area contributed by atoms with E-state index in [1.165, 1.54) is 23.9 Å². The molecule has 1 fully saturated rings. The van der Waals surface area contributed by atoms with E-state index in [4.69, 9.17) is 0 Å². The molecule has 1 aliphatic carbocycles. The summed E-state index contributed by atoms with van der Waals surface area (Å²) in [7, 11) is 0. The van der Waals surface area contributed by atoms with Gasteiger partial charge in [-0.15, -0.1) is 11.8 Å². The van der Waals surface area contributed by atoms with E-state index < -0.39 is 11.7 Å². The van der Waals surface area contributed by atoms with Crippen molar-refractivity contribution in [2.45, 2.75) is 37.3 Å². The largest absolute Gasteiger partial charge is 0.416 e. The molecule has 1 saturated carbocycles. The molecule has 0 amide bonds. The van der Waals surface area contributed by atoms with Crippen LogP contribution in [-0.4, -0.2) is 17.3 Å². The lowest BCUT2D eigenvalue weighted by atomic mass is 9.80. The molecule has 1 aromatic rings. The van der Waals surface area contributed by atoms with E-state index in [0.29, 0.717) is 18.6 Å². The van der Waals surface area contributed by atoms with Crippen LogP contribution < -0.4 is 0 Å². The molecule has 0 aliphatic heterocycles. The van der Waals surface area contributed by atoms with Gasteiger partial charge in [0.25, 0.3) is 0 Å². The second kappa shape index (κ2) is 6.86. The summed E-state index contributed by atoms with van der Waals surface area (Å²) in [4.78, 5) is 23.7. The number of ketones is 2. The molecule has 0 spiro atoms. The van der Waals surface area contributed by atoms with Gasteiger partial charge in [-0.2, -0.15) is 13.2 Å². The van der Waals surface area contributed by atoms with Gasteiger partial charge in [0.2, 0.25) is 0 Å². The molecule has 1 atom stereocenters. The fourth-order valence-electron chi connectivity index (χ4n) is 2.53. The summed E-state index contributed by atoms with van der Waals surface area (Å²) in [6.07, 6.45) is -3.41. The highest BCUT2D eigenvalue weighted by Crippen LogP contribution is 2.33. The number of Topliss-reactive ketones (excluding diaryl/α,β-unsaturated/α-hetero) is 2. The molecule has 22 heavy (non-hydrogen) atoms. The number of rotatable bonds is 4. The van der Waals surface area contributed by atoms with Gasteiger partial charge < -0.3 is 0 Å². The minimum absolute atomic E-state index is 0.00682. The SMILES string of the molecule is CC(CSc1ccc(C(F)(F)F)cc1)C1CC(=O)CC(=O)C1. The summed E-state index contributed by atoms with van der Waals surface area (Å²) in [5.74, 6) is 0.882. The number of carbonyl (C=O) groups is 2. The van der Waals surface area contributed by atoms with Crippen molar-refractivity contribution in [2.24, 2.45) is 11.8 Å². The first-order valence-corrected chi connectivity index (χ1v) is 8.07. The first-order chi connectivity index (χ1) is 10.3. The predicted molar refractivity (Wildman–Crippen MR) is 78.7 cm³/mol. The molecule has 0 radical (unpaired) electrons. The van der Waals surface area contributed by atoms with Gasteiger partial charge in [-0.1, -0.05) is 6.92 Å². The van der Waals surface area contributed by atoms with Crippen molar-refractivity contribution in [2.75, 3.05) is 5.75 Å². The maximum absolute atomic E-state index is 12.5. The Morgan fingerprint density at radius 1 is 1.14 bits per heavy atom. The molecular weight excluding hydrogens is 313 g/mol. The van der Waals surface area contributed by atoms with E-state index in [1.54, 1.807) is 0 Å². The van der Waals surface area contributed by atoms with Crippen LogP contribution in [0.25, 0.3) is 0 Å². The van der Waals surface area contributed by atoms with Crippen molar-refractivity contribution in [3.63, 3.8) is 0 Å². The van der Waals surface area contributed by atoms with E-state index in [2.05, 4.69) is 0 Å². The van der Waals surface area contributed by atoms with Gasteiger partial charge in [-0.05, 0) is 36.1 Å². The van der Waals surface area contributed by atoms with Crippen molar-refractivity contribution in [3.8, 4) is 0 Å². The molecule has 0 heterocycles. The Kier molecular flexibility index (Phi) is 5.32. The van der Waals surface area contributed by atoms with Crippen LogP contribution in [-0.2, 0) is 15.8 Å². The van der Waals surface area contributed by atoms with Gasteiger partial charge in [0, 0.05) is 23.5 Å². The third-order valence-corrected chi connectivity index (χ3v) is 5.17. The molecule has 0 bridgehead atoms. The Morgan fingerprint density at radius 3 is 2.18 bits per heavy atom. The van der Waals surface area contributed by atoms with E-state index >= 15 is 0 Å². The molecule has 120 valence electrons. The number of halogens is 3. The molecule has 0 aromatic heterocycles. The Morgan fingerprint density at radius 2 is 1.68 bits per heavy atom. The van der Waals surface area contributed by atoms with E-state index in [9.17, 15) is 22.8 Å². The van der Waals surface area contributed by atoms with Crippen molar-refractivity contribution in [1.29, 1.82) is 0 Å². The molecule has 1 aromatic carbocycles. The normalized spacial score (nSPS) is 18.5. The second-order valence-electron chi connectivity index (χ2n) is 5.73. The summed E-state index contributed by atoms with van der Waals surface area (Å²) in [5.41, 5.74) is -0.659. The smallest absolute Gasteiger partial charge is 0.299 e. The van der Waals surface area contributed by atoms with Crippen LogP contribution in [0.5, 0.6) is 0 Å². The number of hydrogen-bond acceptors (Lipinski definition) is 3. The van der Waals surface area contributed by atoms with Crippen LogP contribution >= 0.6 is 11.8 Å². The first-order valence-electron chi connectivity index (χ1n) is 7.09. The van der Waals surface area contributed by atoms with Crippen LogP contribution in [0.2, 0.25) is 0 Å². The molecule has 6 heteroatoms. The van der Waals surface area contributed by atoms with Crippen molar-refractivity contribution < 1.29 is 22.8 Å². The third kappa shape index (κ3) is 4.60. The molecule has 2 rings (SSSR count). The summed E-state index contributed by atoms with van der Waals surface area (Å²) in [6.45, 7) is 1.98. The number of thioether (sulfide) groups is 1. The minimum Gasteiger partial charge on any atom is -0.299 e. The highest BCUT2D eigenvalue weighted by atomic mass is 32.2. The van der Waals surface area contributed by atoms with Gasteiger partial charge in [0.15, 0.2) is 0 Å². The third-order valence-electron chi connectivity index (χ3n) is 3.87. The molecule has 0 N–H and O–H groups in total. The Labute approximate surface area is 131 Å². The lowest BCUT2D eigenvalue weighted by Crippen LogP contribution is -2.27. The zero-order valence-electron chi connectivity index (χ0n) is 12.2. The van der Waals surface area contributed by atoms with Gasteiger partial charge >= 0.3 is 6.18 Å². The second-order valence-corrected chi connectivity index (χ2v) is 6.83. The molecular formula is C16H17F3O2S. The maximum atomic E-state index is 12.5. The van der Waals surface area contributed by atoms with Crippen LogP contribution in [0.1, 0.15) is 31.7 Å². The van der Waals surface area contributed by atoms with Crippen molar-refractivity contribution in [1.82, 2.24) is 0 Å². The molecule has 1 unspecified atom stereocenters. The summed E-state index contributed by atoms with van der Waals surface area (Å²) >= 11 is 1.45. The van der Waals surface area contributed by atoms with Gasteiger partial charge in [0.05, 0.1) is 12.0 Å². The Balaban J connectivity index is 1.89. The standard InChI is InChI=1S/C16H17F3O2S/c1-10(11-6-13(20)8-14(21)7-11)9-22-15-4-2-12(3-5-15)16(17,18)19/h2-5,10-11H,6-9H2,1H3. The number of hydrogen-bond donors (Lipinski definition) is 0. The van der Waals surface area contributed by atoms with E-state index in [-0.39, 0.29) is 29.8 Å². The fourth-order valence-corrected chi connectivity index (χ4v) is 3.58.